The summed E-state index contributed by atoms with van der Waals surface area (Å²) in [6.45, 7) is 1.28. The molecule has 0 aromatic heterocycles. The molecule has 23 heavy (non-hydrogen) atoms. The summed E-state index contributed by atoms with van der Waals surface area (Å²) in [5, 5.41) is 4.14. The summed E-state index contributed by atoms with van der Waals surface area (Å²) in [6, 6.07) is 4.42. The predicted octanol–water partition coefficient (Wildman–Crippen LogP) is -0.404. The zero-order chi connectivity index (χ0) is 17.6. The number of nitrogens with one attached hydrogen (secondary N) is 3. The van der Waals surface area contributed by atoms with E-state index < -0.39 is 34.0 Å². The second-order valence-electron chi connectivity index (χ2n) is 4.35. The van der Waals surface area contributed by atoms with Gasteiger partial charge in [-0.15, -0.1) is 0 Å². The van der Waals surface area contributed by atoms with E-state index in [1.807, 2.05) is 5.32 Å². The van der Waals surface area contributed by atoms with Crippen molar-refractivity contribution in [1.82, 2.24) is 15.4 Å². The molecule has 0 aliphatic rings. The molecular weight excluding hydrogens is 326 g/mol. The zero-order valence-corrected chi connectivity index (χ0v) is 13.6. The smallest absolute Gasteiger partial charge is 0.338 e. The van der Waals surface area contributed by atoms with Gasteiger partial charge in [0.25, 0.3) is 5.91 Å². The van der Waals surface area contributed by atoms with E-state index in [2.05, 4.69) is 10.0 Å². The standard InChI is InChI=1S/C13H17N3O6S/c1-8(11(17)16-13(19)14-2)22-12(18)9-5-4-6-10(7-9)23(20,21)15-3/h4-8,15H,1-3H3,(H2,14,16,17,19)/t8-/m1/s1. The molecule has 0 saturated carbocycles. The third-order valence-electron chi connectivity index (χ3n) is 2.77. The molecule has 0 heterocycles. The SMILES string of the molecule is CNC(=O)NC(=O)[C@@H](C)OC(=O)c1cccc(S(=O)(=O)NC)c1. The fourth-order valence-electron chi connectivity index (χ4n) is 1.47. The number of carbonyl (C=O) groups excluding carboxylic acids is 3. The summed E-state index contributed by atoms with van der Waals surface area (Å²) in [5.41, 5.74) is -0.0408. The summed E-state index contributed by atoms with van der Waals surface area (Å²) in [5.74, 6) is -1.70. The van der Waals surface area contributed by atoms with Crippen LogP contribution in [0.1, 0.15) is 17.3 Å². The first kappa shape index (κ1) is 18.6. The number of carbonyl (C=O) groups is 3. The quantitative estimate of drug-likeness (QED) is 0.623. The van der Waals surface area contributed by atoms with Crippen molar-refractivity contribution < 1.29 is 27.5 Å². The van der Waals surface area contributed by atoms with E-state index in [0.29, 0.717) is 0 Å². The van der Waals surface area contributed by atoms with Crippen LogP contribution in [0.15, 0.2) is 29.2 Å². The Morgan fingerprint density at radius 2 is 1.83 bits per heavy atom. The molecular formula is C13H17N3O6S. The average Bonchev–Trinajstić information content (AvgIpc) is 2.54. The maximum absolute atomic E-state index is 12.0. The number of imide groups is 1. The number of ether oxygens (including phenoxy) is 1. The van der Waals surface area contributed by atoms with E-state index in [1.165, 1.54) is 39.2 Å². The Kier molecular flexibility index (Phi) is 6.22. The fraction of sp³-hybridized carbons (Fsp3) is 0.308. The number of rotatable bonds is 5. The van der Waals surface area contributed by atoms with Crippen molar-refractivity contribution in [2.24, 2.45) is 0 Å². The molecule has 0 spiro atoms. The van der Waals surface area contributed by atoms with Crippen LogP contribution in [-0.2, 0) is 19.6 Å². The van der Waals surface area contributed by atoms with Gasteiger partial charge >= 0.3 is 12.0 Å². The normalized spacial score (nSPS) is 12.1. The van der Waals surface area contributed by atoms with Gasteiger partial charge in [0.1, 0.15) is 0 Å². The van der Waals surface area contributed by atoms with Crippen LogP contribution in [-0.4, -0.2) is 46.5 Å². The van der Waals surface area contributed by atoms with E-state index in [4.69, 9.17) is 4.74 Å². The number of hydrogen-bond donors (Lipinski definition) is 3. The summed E-state index contributed by atoms with van der Waals surface area (Å²) >= 11 is 0. The van der Waals surface area contributed by atoms with Gasteiger partial charge in [-0.2, -0.15) is 0 Å². The lowest BCUT2D eigenvalue weighted by molar-refractivity contribution is -0.127. The van der Waals surface area contributed by atoms with Crippen molar-refractivity contribution >= 4 is 27.9 Å². The molecule has 1 aromatic rings. The molecule has 0 saturated heterocycles. The minimum absolute atomic E-state index is 0.0408. The number of sulfonamides is 1. The Balaban J connectivity index is 2.85. The van der Waals surface area contributed by atoms with Gasteiger partial charge in [0.05, 0.1) is 10.5 Å². The molecule has 0 aliphatic heterocycles. The van der Waals surface area contributed by atoms with Crippen LogP contribution in [0.3, 0.4) is 0 Å². The van der Waals surface area contributed by atoms with Gasteiger partial charge in [0.15, 0.2) is 6.10 Å². The first-order chi connectivity index (χ1) is 10.7. The number of urea groups is 1. The molecule has 10 heteroatoms. The minimum atomic E-state index is -3.71. The van der Waals surface area contributed by atoms with Gasteiger partial charge in [-0.3, -0.25) is 10.1 Å². The van der Waals surface area contributed by atoms with Crippen molar-refractivity contribution in [2.75, 3.05) is 14.1 Å². The molecule has 1 atom stereocenters. The Bertz CT molecular complexity index is 716. The maximum atomic E-state index is 12.0. The predicted molar refractivity (Wildman–Crippen MR) is 80.2 cm³/mol. The van der Waals surface area contributed by atoms with Crippen LogP contribution in [0.4, 0.5) is 4.79 Å². The van der Waals surface area contributed by atoms with Crippen LogP contribution in [0.25, 0.3) is 0 Å². The molecule has 126 valence electrons. The lowest BCUT2D eigenvalue weighted by Crippen LogP contribution is -2.43. The van der Waals surface area contributed by atoms with Gasteiger partial charge in [-0.05, 0) is 32.2 Å². The van der Waals surface area contributed by atoms with Gasteiger partial charge in [0.2, 0.25) is 10.0 Å². The number of esters is 1. The highest BCUT2D eigenvalue weighted by molar-refractivity contribution is 7.89. The first-order valence-corrected chi connectivity index (χ1v) is 7.96. The Hall–Kier alpha value is -2.46. The molecule has 0 aliphatic carbocycles. The second-order valence-corrected chi connectivity index (χ2v) is 6.24. The molecule has 9 nitrogen and oxygen atoms in total. The third kappa shape index (κ3) is 5.04. The molecule has 3 N–H and O–H groups in total. The van der Waals surface area contributed by atoms with Crippen molar-refractivity contribution in [2.45, 2.75) is 17.9 Å². The Morgan fingerprint density at radius 3 is 2.39 bits per heavy atom. The number of benzene rings is 1. The van der Waals surface area contributed by atoms with Gasteiger partial charge < -0.3 is 10.1 Å². The summed E-state index contributed by atoms with van der Waals surface area (Å²) in [6.07, 6.45) is -1.23. The van der Waals surface area contributed by atoms with Crippen molar-refractivity contribution in [3.8, 4) is 0 Å². The number of amides is 3. The minimum Gasteiger partial charge on any atom is -0.449 e. The Morgan fingerprint density at radius 1 is 1.17 bits per heavy atom. The molecule has 0 unspecified atom stereocenters. The first-order valence-electron chi connectivity index (χ1n) is 6.48. The summed E-state index contributed by atoms with van der Waals surface area (Å²) < 4.78 is 30.4. The molecule has 1 rings (SSSR count). The summed E-state index contributed by atoms with van der Waals surface area (Å²) in [7, 11) is -1.14. The molecule has 0 radical (unpaired) electrons. The lowest BCUT2D eigenvalue weighted by Gasteiger charge is -2.13. The van der Waals surface area contributed by atoms with E-state index in [1.54, 1.807) is 0 Å². The highest BCUT2D eigenvalue weighted by Gasteiger charge is 2.21. The van der Waals surface area contributed by atoms with Crippen molar-refractivity contribution in [3.05, 3.63) is 29.8 Å². The van der Waals surface area contributed by atoms with Crippen LogP contribution in [0.5, 0.6) is 0 Å². The van der Waals surface area contributed by atoms with Crippen LogP contribution < -0.4 is 15.4 Å². The van der Waals surface area contributed by atoms with E-state index >= 15 is 0 Å². The van der Waals surface area contributed by atoms with E-state index in [0.717, 1.165) is 6.07 Å². The lowest BCUT2D eigenvalue weighted by atomic mass is 10.2. The fourth-order valence-corrected chi connectivity index (χ4v) is 2.24. The molecule has 0 bridgehead atoms. The van der Waals surface area contributed by atoms with Crippen LogP contribution in [0, 0.1) is 0 Å². The molecule has 0 fully saturated rings. The zero-order valence-electron chi connectivity index (χ0n) is 12.7. The highest BCUT2D eigenvalue weighted by Crippen LogP contribution is 2.12. The van der Waals surface area contributed by atoms with Crippen molar-refractivity contribution in [1.29, 1.82) is 0 Å². The summed E-state index contributed by atoms with van der Waals surface area (Å²) in [4.78, 5) is 34.5. The molecule has 1 aromatic carbocycles. The van der Waals surface area contributed by atoms with Crippen molar-refractivity contribution in [3.63, 3.8) is 0 Å². The Labute approximate surface area is 133 Å². The van der Waals surface area contributed by atoms with Gasteiger partial charge in [0, 0.05) is 7.05 Å². The largest absolute Gasteiger partial charge is 0.449 e. The van der Waals surface area contributed by atoms with Crippen LogP contribution in [0.2, 0.25) is 0 Å². The van der Waals surface area contributed by atoms with E-state index in [9.17, 15) is 22.8 Å². The van der Waals surface area contributed by atoms with Crippen LogP contribution >= 0.6 is 0 Å². The van der Waals surface area contributed by atoms with Gasteiger partial charge in [-0.1, -0.05) is 6.07 Å². The molecule has 3 amide bonds. The van der Waals surface area contributed by atoms with Gasteiger partial charge in [-0.25, -0.2) is 22.7 Å². The van der Waals surface area contributed by atoms with E-state index in [-0.39, 0.29) is 10.5 Å². The maximum Gasteiger partial charge on any atom is 0.338 e. The monoisotopic (exact) mass is 343 g/mol. The average molecular weight is 343 g/mol. The second kappa shape index (κ2) is 7.70. The highest BCUT2D eigenvalue weighted by atomic mass is 32.2. The third-order valence-corrected chi connectivity index (χ3v) is 4.18. The number of hydrogen-bond acceptors (Lipinski definition) is 6. The topological polar surface area (TPSA) is 131 Å².